The van der Waals surface area contributed by atoms with Crippen LogP contribution in [0.5, 0.6) is 0 Å². The summed E-state index contributed by atoms with van der Waals surface area (Å²) in [6.45, 7) is 5.76. The van der Waals surface area contributed by atoms with Crippen molar-refractivity contribution < 1.29 is 9.59 Å². The van der Waals surface area contributed by atoms with Crippen LogP contribution >= 0.6 is 11.8 Å². The molecule has 2 heterocycles. The quantitative estimate of drug-likeness (QED) is 0.392. The number of H-pyrrole nitrogens is 1. The molecule has 7 heteroatoms. The lowest BCUT2D eigenvalue weighted by Crippen LogP contribution is -2.18. The first-order valence-electron chi connectivity index (χ1n) is 11.1. The number of Topliss-reactive ketones (excluding diaryl/α,β-unsaturated/α-hetero) is 1. The van der Waals surface area contributed by atoms with Crippen LogP contribution in [0.15, 0.2) is 60.1 Å². The summed E-state index contributed by atoms with van der Waals surface area (Å²) >= 11 is 1.76. The average Bonchev–Trinajstić information content (AvgIpc) is 3.12. The smallest absolute Gasteiger partial charge is 0.222 e. The number of allylic oxidation sites excluding steroid dienone is 1. The molecule has 0 saturated carbocycles. The number of aromatic amines is 1. The van der Waals surface area contributed by atoms with Gasteiger partial charge >= 0.3 is 0 Å². The van der Waals surface area contributed by atoms with Crippen LogP contribution in [0.2, 0.25) is 0 Å². The predicted octanol–water partition coefficient (Wildman–Crippen LogP) is 6.18. The number of hydrogen-bond donors (Lipinski definition) is 3. The van der Waals surface area contributed by atoms with Crippen LogP contribution in [0.3, 0.4) is 0 Å². The number of thioether (sulfide) groups is 1. The van der Waals surface area contributed by atoms with E-state index in [9.17, 15) is 9.59 Å². The molecule has 0 bridgehead atoms. The van der Waals surface area contributed by atoms with Gasteiger partial charge in [-0.25, -0.2) is 4.98 Å². The van der Waals surface area contributed by atoms with Crippen molar-refractivity contribution in [2.24, 2.45) is 5.92 Å². The van der Waals surface area contributed by atoms with Gasteiger partial charge in [0.1, 0.15) is 5.82 Å². The molecule has 0 radical (unpaired) electrons. The minimum absolute atomic E-state index is 0.123. The van der Waals surface area contributed by atoms with E-state index in [0.29, 0.717) is 23.1 Å². The van der Waals surface area contributed by atoms with Crippen LogP contribution in [-0.4, -0.2) is 26.9 Å². The molecule has 1 aliphatic rings. The van der Waals surface area contributed by atoms with E-state index in [1.807, 2.05) is 42.5 Å². The van der Waals surface area contributed by atoms with Gasteiger partial charge in [-0.2, -0.15) is 0 Å². The largest absolute Gasteiger partial charge is 0.356 e. The van der Waals surface area contributed by atoms with Gasteiger partial charge in [0.2, 0.25) is 5.91 Å². The normalized spacial score (nSPS) is 15.6. The Bertz CT molecular complexity index is 1180. The van der Waals surface area contributed by atoms with Crippen LogP contribution in [-0.2, 0) is 11.2 Å². The fourth-order valence-corrected chi connectivity index (χ4v) is 4.61. The van der Waals surface area contributed by atoms with Crippen molar-refractivity contribution in [2.75, 3.05) is 10.6 Å². The van der Waals surface area contributed by atoms with Gasteiger partial charge in [0.25, 0.3) is 0 Å². The standard InChI is InChI=1S/C26H28N4O2S/c1-16(2)33-12-10-18-13-21-24(22(32)14-18)26(29-20-7-5-4-6-8-20)25(30-21)19-9-11-27-23(15-19)28-17(3)31/h4-12,15-16,18,29-30H,13-14H2,1-3H3,(H,27,28,31)/b12-10+. The van der Waals surface area contributed by atoms with Gasteiger partial charge in [0.15, 0.2) is 5.78 Å². The Morgan fingerprint density at radius 1 is 1.21 bits per heavy atom. The van der Waals surface area contributed by atoms with E-state index < -0.39 is 0 Å². The van der Waals surface area contributed by atoms with Crippen molar-refractivity contribution in [3.05, 3.63) is 71.4 Å². The van der Waals surface area contributed by atoms with Gasteiger partial charge in [-0.15, -0.1) is 11.8 Å². The van der Waals surface area contributed by atoms with E-state index in [4.69, 9.17) is 0 Å². The van der Waals surface area contributed by atoms with Gasteiger partial charge in [-0.05, 0) is 42.0 Å². The predicted molar refractivity (Wildman–Crippen MR) is 136 cm³/mol. The summed E-state index contributed by atoms with van der Waals surface area (Å²) in [5.74, 6) is 0.574. The molecule has 2 aromatic heterocycles. The number of amides is 1. The van der Waals surface area contributed by atoms with Crippen molar-refractivity contribution in [3.8, 4) is 11.3 Å². The summed E-state index contributed by atoms with van der Waals surface area (Å²) in [6, 6.07) is 13.5. The maximum atomic E-state index is 13.3. The van der Waals surface area contributed by atoms with Gasteiger partial charge in [0, 0.05) is 41.7 Å². The molecular formula is C26H28N4O2S. The molecule has 3 aromatic rings. The number of fused-ring (bicyclic) bond motifs is 1. The maximum absolute atomic E-state index is 13.3. The molecule has 1 unspecified atom stereocenters. The van der Waals surface area contributed by atoms with Crippen molar-refractivity contribution in [1.29, 1.82) is 0 Å². The Morgan fingerprint density at radius 3 is 2.73 bits per heavy atom. The number of ketones is 1. The third kappa shape index (κ3) is 5.54. The lowest BCUT2D eigenvalue weighted by atomic mass is 9.86. The highest BCUT2D eigenvalue weighted by molar-refractivity contribution is 8.02. The van der Waals surface area contributed by atoms with E-state index >= 15 is 0 Å². The van der Waals surface area contributed by atoms with Crippen LogP contribution in [0, 0.1) is 5.92 Å². The molecule has 33 heavy (non-hydrogen) atoms. The van der Waals surface area contributed by atoms with Crippen LogP contribution in [0.1, 0.15) is 43.2 Å². The van der Waals surface area contributed by atoms with Crippen molar-refractivity contribution in [1.82, 2.24) is 9.97 Å². The number of rotatable bonds is 7. The number of hydrogen-bond acceptors (Lipinski definition) is 5. The second kappa shape index (κ2) is 10.1. The fourth-order valence-electron chi connectivity index (χ4n) is 3.98. The van der Waals surface area contributed by atoms with Crippen molar-refractivity contribution in [3.63, 3.8) is 0 Å². The van der Waals surface area contributed by atoms with Gasteiger partial charge in [-0.1, -0.05) is 38.1 Å². The molecule has 1 amide bonds. The molecule has 1 aliphatic carbocycles. The zero-order valence-corrected chi connectivity index (χ0v) is 19.8. The number of nitrogens with zero attached hydrogens (tertiary/aromatic N) is 1. The lowest BCUT2D eigenvalue weighted by molar-refractivity contribution is -0.114. The molecule has 0 aliphatic heterocycles. The Balaban J connectivity index is 1.75. The SMILES string of the molecule is CC(=O)Nc1cc(-c2[nH]c3c(c2Nc2ccccc2)C(=O)CC(/C=C/SC(C)C)C3)ccn1. The third-order valence-electron chi connectivity index (χ3n) is 5.37. The first kappa shape index (κ1) is 22.9. The van der Waals surface area contributed by atoms with E-state index in [0.717, 1.165) is 34.7 Å². The molecular weight excluding hydrogens is 432 g/mol. The van der Waals surface area contributed by atoms with Crippen LogP contribution in [0.25, 0.3) is 11.3 Å². The number of aromatic nitrogens is 2. The minimum Gasteiger partial charge on any atom is -0.356 e. The van der Waals surface area contributed by atoms with Gasteiger partial charge < -0.3 is 15.6 Å². The number of pyridine rings is 1. The highest BCUT2D eigenvalue weighted by atomic mass is 32.2. The number of carbonyl (C=O) groups is 2. The van der Waals surface area contributed by atoms with E-state index in [1.165, 1.54) is 6.92 Å². The summed E-state index contributed by atoms with van der Waals surface area (Å²) in [5, 5.41) is 8.82. The topological polar surface area (TPSA) is 86.9 Å². The summed E-state index contributed by atoms with van der Waals surface area (Å²) in [6.07, 6.45) is 5.06. The second-order valence-electron chi connectivity index (χ2n) is 8.44. The maximum Gasteiger partial charge on any atom is 0.222 e. The molecule has 170 valence electrons. The minimum atomic E-state index is -0.183. The number of anilines is 3. The molecule has 0 saturated heterocycles. The summed E-state index contributed by atoms with van der Waals surface area (Å²) in [7, 11) is 0. The number of nitrogens with one attached hydrogen (secondary N) is 3. The Hall–Kier alpha value is -3.32. The van der Waals surface area contributed by atoms with E-state index in [1.54, 1.807) is 18.0 Å². The number of carbonyl (C=O) groups excluding carboxylic acids is 2. The van der Waals surface area contributed by atoms with Crippen molar-refractivity contribution in [2.45, 2.75) is 38.9 Å². The van der Waals surface area contributed by atoms with Crippen LogP contribution in [0.4, 0.5) is 17.2 Å². The average molecular weight is 461 g/mol. The third-order valence-corrected chi connectivity index (χ3v) is 6.23. The monoisotopic (exact) mass is 460 g/mol. The Kier molecular flexibility index (Phi) is 6.99. The van der Waals surface area contributed by atoms with E-state index in [-0.39, 0.29) is 17.6 Å². The van der Waals surface area contributed by atoms with Gasteiger partial charge in [0.05, 0.1) is 16.9 Å². The second-order valence-corrected chi connectivity index (χ2v) is 9.92. The molecule has 6 nitrogen and oxygen atoms in total. The highest BCUT2D eigenvalue weighted by Gasteiger charge is 2.31. The molecule has 1 atom stereocenters. The highest BCUT2D eigenvalue weighted by Crippen LogP contribution is 2.40. The first-order chi connectivity index (χ1) is 15.9. The fraction of sp³-hybridized carbons (Fsp3) is 0.269. The number of benzene rings is 1. The molecule has 1 aromatic carbocycles. The Labute approximate surface area is 198 Å². The molecule has 0 fully saturated rings. The molecule has 3 N–H and O–H groups in total. The number of para-hydroxylation sites is 1. The zero-order valence-electron chi connectivity index (χ0n) is 19.0. The first-order valence-corrected chi connectivity index (χ1v) is 12.0. The van der Waals surface area contributed by atoms with Gasteiger partial charge in [-0.3, -0.25) is 9.59 Å². The molecule has 4 rings (SSSR count). The van der Waals surface area contributed by atoms with Crippen LogP contribution < -0.4 is 10.6 Å². The molecule has 0 spiro atoms. The summed E-state index contributed by atoms with van der Waals surface area (Å²) in [4.78, 5) is 32.5. The Morgan fingerprint density at radius 2 is 2.00 bits per heavy atom. The summed E-state index contributed by atoms with van der Waals surface area (Å²) in [5.41, 5.74) is 4.97. The van der Waals surface area contributed by atoms with E-state index in [2.05, 4.69) is 45.9 Å². The van der Waals surface area contributed by atoms with Crippen molar-refractivity contribution >= 4 is 40.6 Å². The lowest BCUT2D eigenvalue weighted by Gasteiger charge is -2.19. The summed E-state index contributed by atoms with van der Waals surface area (Å²) < 4.78 is 0. The zero-order chi connectivity index (χ0) is 23.4.